The van der Waals surface area contributed by atoms with Gasteiger partial charge in [0.2, 0.25) is 0 Å². The number of ether oxygens (including phenoxy) is 2. The number of carbonyl (C=O) groups is 1. The zero-order valence-electron chi connectivity index (χ0n) is 10.8. The van der Waals surface area contributed by atoms with Crippen LogP contribution in [0.15, 0.2) is 29.2 Å². The molecule has 2 rings (SSSR count). The Kier molecular flexibility index (Phi) is 4.30. The third-order valence-electron chi connectivity index (χ3n) is 3.15. The normalized spacial score (nSPS) is 17.0. The number of carbonyl (C=O) groups excluding carboxylic acids is 1. The Morgan fingerprint density at radius 2 is 2.06 bits per heavy atom. The molecule has 1 aliphatic rings. The molecule has 0 N–H and O–H groups in total. The van der Waals surface area contributed by atoms with Gasteiger partial charge in [-0.1, -0.05) is 19.1 Å². The summed E-state index contributed by atoms with van der Waals surface area (Å²) in [4.78, 5) is 13.0. The van der Waals surface area contributed by atoms with Gasteiger partial charge >= 0.3 is 5.97 Å². The minimum absolute atomic E-state index is 0.166. The van der Waals surface area contributed by atoms with Gasteiger partial charge in [0.1, 0.15) is 5.41 Å². The summed E-state index contributed by atoms with van der Waals surface area (Å²) in [6.07, 6.45) is 0.691. The van der Waals surface area contributed by atoms with E-state index >= 15 is 0 Å². The van der Waals surface area contributed by atoms with Crippen molar-refractivity contribution in [2.24, 2.45) is 5.41 Å². The summed E-state index contributed by atoms with van der Waals surface area (Å²) in [6.45, 7) is 3.06. The van der Waals surface area contributed by atoms with Gasteiger partial charge in [-0.15, -0.1) is 11.8 Å². The maximum Gasteiger partial charge on any atom is 0.316 e. The Morgan fingerprint density at radius 3 is 2.50 bits per heavy atom. The minimum atomic E-state index is -0.464. The highest BCUT2D eigenvalue weighted by Crippen LogP contribution is 2.33. The Morgan fingerprint density at radius 1 is 1.39 bits per heavy atom. The average molecular weight is 266 g/mol. The van der Waals surface area contributed by atoms with Gasteiger partial charge < -0.3 is 9.47 Å². The molecule has 4 heteroatoms. The number of benzene rings is 1. The van der Waals surface area contributed by atoms with E-state index in [-0.39, 0.29) is 5.97 Å². The summed E-state index contributed by atoms with van der Waals surface area (Å²) in [5, 5.41) is 0. The average Bonchev–Trinajstić information content (AvgIpc) is 2.35. The predicted octanol–water partition coefficient (Wildman–Crippen LogP) is 2.53. The summed E-state index contributed by atoms with van der Waals surface area (Å²) in [7, 11) is 1.43. The maximum atomic E-state index is 11.8. The molecule has 0 bridgehead atoms. The van der Waals surface area contributed by atoms with Crippen LogP contribution in [0.3, 0.4) is 0 Å². The lowest BCUT2D eigenvalue weighted by Crippen LogP contribution is -2.51. The van der Waals surface area contributed by atoms with Crippen molar-refractivity contribution in [3.8, 4) is 0 Å². The third kappa shape index (κ3) is 2.70. The van der Waals surface area contributed by atoms with Crippen molar-refractivity contribution in [3.63, 3.8) is 0 Å². The van der Waals surface area contributed by atoms with Gasteiger partial charge in [0, 0.05) is 4.90 Å². The fourth-order valence-electron chi connectivity index (χ4n) is 2.12. The van der Waals surface area contributed by atoms with Gasteiger partial charge in [0.15, 0.2) is 0 Å². The molecule has 1 aromatic carbocycles. The lowest BCUT2D eigenvalue weighted by Gasteiger charge is -2.38. The summed E-state index contributed by atoms with van der Waals surface area (Å²) in [5.41, 5.74) is 0.693. The van der Waals surface area contributed by atoms with Gasteiger partial charge in [-0.25, -0.2) is 0 Å². The molecular formula is C14H18O3S. The summed E-state index contributed by atoms with van der Waals surface area (Å²) >= 11 is 1.82. The molecule has 0 amide bonds. The van der Waals surface area contributed by atoms with Gasteiger partial charge in [0.05, 0.1) is 20.3 Å². The maximum absolute atomic E-state index is 11.8. The van der Waals surface area contributed by atoms with E-state index in [0.717, 1.165) is 11.3 Å². The molecule has 0 atom stereocenters. The monoisotopic (exact) mass is 266 g/mol. The lowest BCUT2D eigenvalue weighted by atomic mass is 9.80. The molecule has 0 unspecified atom stereocenters. The summed E-state index contributed by atoms with van der Waals surface area (Å²) in [6, 6.07) is 8.38. The number of rotatable bonds is 5. The Labute approximate surface area is 112 Å². The van der Waals surface area contributed by atoms with E-state index in [9.17, 15) is 4.79 Å². The quantitative estimate of drug-likeness (QED) is 0.606. The second kappa shape index (κ2) is 5.76. The highest BCUT2D eigenvalue weighted by atomic mass is 32.2. The largest absolute Gasteiger partial charge is 0.468 e. The van der Waals surface area contributed by atoms with Crippen LogP contribution in [0.4, 0.5) is 0 Å². The highest BCUT2D eigenvalue weighted by molar-refractivity contribution is 7.99. The number of esters is 1. The summed E-state index contributed by atoms with van der Waals surface area (Å²) < 4.78 is 10.1. The fourth-order valence-corrected chi connectivity index (χ4v) is 2.78. The Balaban J connectivity index is 2.06. The predicted molar refractivity (Wildman–Crippen MR) is 71.8 cm³/mol. The first-order chi connectivity index (χ1) is 8.70. The van der Waals surface area contributed by atoms with Crippen molar-refractivity contribution in [3.05, 3.63) is 29.8 Å². The fraction of sp³-hybridized carbons (Fsp3) is 0.500. The molecule has 1 heterocycles. The van der Waals surface area contributed by atoms with Gasteiger partial charge in [-0.05, 0) is 29.9 Å². The van der Waals surface area contributed by atoms with Crippen LogP contribution in [0.25, 0.3) is 0 Å². The van der Waals surface area contributed by atoms with Crippen LogP contribution < -0.4 is 0 Å². The molecule has 1 saturated heterocycles. The van der Waals surface area contributed by atoms with Crippen LogP contribution in [-0.4, -0.2) is 32.0 Å². The molecule has 1 aliphatic heterocycles. The second-order valence-electron chi connectivity index (χ2n) is 4.52. The number of methoxy groups -OCH3 is 1. The topological polar surface area (TPSA) is 35.5 Å². The standard InChI is InChI=1S/C14H18O3S/c1-3-18-12-6-4-11(5-7-12)8-14(9-17-10-14)13(15)16-2/h4-7H,3,8-10H2,1-2H3. The smallest absolute Gasteiger partial charge is 0.316 e. The molecule has 0 aliphatic carbocycles. The van der Waals surface area contributed by atoms with Crippen LogP contribution in [0, 0.1) is 5.41 Å². The van der Waals surface area contributed by atoms with Crippen molar-refractivity contribution < 1.29 is 14.3 Å². The first-order valence-corrected chi connectivity index (χ1v) is 7.06. The SMILES string of the molecule is CCSc1ccc(CC2(C(=O)OC)COC2)cc1. The highest BCUT2D eigenvalue weighted by Gasteiger charge is 2.47. The zero-order chi connectivity index (χ0) is 13.0. The van der Waals surface area contributed by atoms with Crippen LogP contribution in [0.1, 0.15) is 12.5 Å². The number of thioether (sulfide) groups is 1. The first kappa shape index (κ1) is 13.4. The third-order valence-corrected chi connectivity index (χ3v) is 4.05. The van der Waals surface area contributed by atoms with E-state index in [4.69, 9.17) is 9.47 Å². The molecule has 0 saturated carbocycles. The van der Waals surface area contributed by atoms with E-state index in [2.05, 4.69) is 31.2 Å². The lowest BCUT2D eigenvalue weighted by molar-refractivity contribution is -0.182. The van der Waals surface area contributed by atoms with Crippen molar-refractivity contribution in [2.45, 2.75) is 18.2 Å². The minimum Gasteiger partial charge on any atom is -0.468 e. The van der Waals surface area contributed by atoms with Crippen LogP contribution >= 0.6 is 11.8 Å². The number of hydrogen-bond acceptors (Lipinski definition) is 4. The molecule has 1 aromatic rings. The van der Waals surface area contributed by atoms with Crippen molar-refractivity contribution in [2.75, 3.05) is 26.1 Å². The van der Waals surface area contributed by atoms with E-state index in [0.29, 0.717) is 19.6 Å². The molecule has 18 heavy (non-hydrogen) atoms. The van der Waals surface area contributed by atoms with Gasteiger partial charge in [-0.3, -0.25) is 4.79 Å². The number of hydrogen-bond donors (Lipinski definition) is 0. The zero-order valence-corrected chi connectivity index (χ0v) is 11.6. The van der Waals surface area contributed by atoms with Crippen LogP contribution in [0.5, 0.6) is 0 Å². The molecule has 0 aromatic heterocycles. The molecular weight excluding hydrogens is 248 g/mol. The van der Waals surface area contributed by atoms with Gasteiger partial charge in [0.25, 0.3) is 0 Å². The van der Waals surface area contributed by atoms with Crippen LogP contribution in [-0.2, 0) is 20.7 Å². The van der Waals surface area contributed by atoms with E-state index < -0.39 is 5.41 Å². The molecule has 0 spiro atoms. The van der Waals surface area contributed by atoms with Gasteiger partial charge in [-0.2, -0.15) is 0 Å². The Bertz CT molecular complexity index is 410. The first-order valence-electron chi connectivity index (χ1n) is 6.08. The van der Waals surface area contributed by atoms with E-state index in [1.165, 1.54) is 12.0 Å². The Hall–Kier alpha value is -1.00. The van der Waals surface area contributed by atoms with Crippen LogP contribution in [0.2, 0.25) is 0 Å². The van der Waals surface area contributed by atoms with Crippen molar-refractivity contribution in [1.29, 1.82) is 0 Å². The van der Waals surface area contributed by atoms with Crippen molar-refractivity contribution >= 4 is 17.7 Å². The molecule has 3 nitrogen and oxygen atoms in total. The molecule has 0 radical (unpaired) electrons. The van der Waals surface area contributed by atoms with E-state index in [1.54, 1.807) is 0 Å². The van der Waals surface area contributed by atoms with Crippen molar-refractivity contribution in [1.82, 2.24) is 0 Å². The molecule has 98 valence electrons. The molecule has 1 fully saturated rings. The second-order valence-corrected chi connectivity index (χ2v) is 5.86. The summed E-state index contributed by atoms with van der Waals surface area (Å²) in [5.74, 6) is 0.903. The van der Waals surface area contributed by atoms with E-state index in [1.807, 2.05) is 11.8 Å².